The number of Topliss-reactive ketones (excluding diaryl/α,β-unsaturated/α-hetero) is 2. The summed E-state index contributed by atoms with van der Waals surface area (Å²) in [4.78, 5) is 25.4. The number of hydrogen-bond donors (Lipinski definition) is 0. The minimum absolute atomic E-state index is 0.134. The lowest BCUT2D eigenvalue weighted by Gasteiger charge is -2.13. The van der Waals surface area contributed by atoms with Crippen LogP contribution in [0.2, 0.25) is 0 Å². The Morgan fingerprint density at radius 3 is 2.36 bits per heavy atom. The standard InChI is InChI=1S/C28H22O8/c1-31-25-11-16(12-26(32-2)28(25)33-3)10-24-27(30)19-9-8-18(14-22(19)36-24)34-15-20(29)23-13-17-6-4-5-7-21(17)35-23/h4-14H,15H2,1-3H3. The molecule has 4 aromatic rings. The topological polar surface area (TPSA) is 93.4 Å². The number of furan rings is 1. The summed E-state index contributed by atoms with van der Waals surface area (Å²) in [5, 5.41) is 0.844. The van der Waals surface area contributed by atoms with Crippen molar-refractivity contribution in [3.63, 3.8) is 0 Å². The van der Waals surface area contributed by atoms with E-state index in [2.05, 4.69) is 0 Å². The normalized spacial score (nSPS) is 13.4. The molecule has 0 saturated heterocycles. The van der Waals surface area contributed by atoms with Gasteiger partial charge < -0.3 is 28.1 Å². The lowest BCUT2D eigenvalue weighted by atomic mass is 10.1. The van der Waals surface area contributed by atoms with Crippen LogP contribution < -0.4 is 23.7 Å². The smallest absolute Gasteiger partial charge is 0.235 e. The van der Waals surface area contributed by atoms with E-state index in [1.807, 2.05) is 18.2 Å². The molecule has 0 bridgehead atoms. The molecule has 1 aliphatic rings. The molecule has 2 heterocycles. The van der Waals surface area contributed by atoms with Gasteiger partial charge in [-0.2, -0.15) is 0 Å². The first kappa shape index (κ1) is 23.0. The van der Waals surface area contributed by atoms with Gasteiger partial charge in [-0.15, -0.1) is 0 Å². The van der Waals surface area contributed by atoms with E-state index in [0.29, 0.717) is 45.5 Å². The summed E-state index contributed by atoms with van der Waals surface area (Å²) < 4.78 is 33.1. The average Bonchev–Trinajstić information content (AvgIpc) is 3.47. The first-order valence-corrected chi connectivity index (χ1v) is 11.0. The molecule has 8 heteroatoms. The average molecular weight is 486 g/mol. The van der Waals surface area contributed by atoms with Crippen LogP contribution in [0.15, 0.2) is 70.8 Å². The molecule has 0 aliphatic carbocycles. The van der Waals surface area contributed by atoms with E-state index in [1.165, 1.54) is 21.3 Å². The SMILES string of the molecule is COc1cc(C=C2Oc3cc(OCC(=O)c4cc5ccccc5o4)ccc3C2=O)cc(OC)c1OC. The van der Waals surface area contributed by atoms with E-state index in [4.69, 9.17) is 28.1 Å². The van der Waals surface area contributed by atoms with E-state index >= 15 is 0 Å². The number of carbonyl (C=O) groups excluding carboxylic acids is 2. The summed E-state index contributed by atoms with van der Waals surface area (Å²) in [6.45, 7) is -0.222. The van der Waals surface area contributed by atoms with Crippen molar-refractivity contribution in [2.24, 2.45) is 0 Å². The molecule has 0 N–H and O–H groups in total. The molecule has 36 heavy (non-hydrogen) atoms. The Balaban J connectivity index is 1.32. The molecule has 182 valence electrons. The number of benzene rings is 3. The van der Waals surface area contributed by atoms with Crippen LogP contribution in [0, 0.1) is 0 Å². The number of allylic oxidation sites excluding steroid dienone is 1. The van der Waals surface area contributed by atoms with Gasteiger partial charge in [-0.1, -0.05) is 18.2 Å². The zero-order valence-corrected chi connectivity index (χ0v) is 19.8. The molecule has 0 spiro atoms. The number of methoxy groups -OCH3 is 3. The molecular formula is C28H22O8. The van der Waals surface area contributed by atoms with E-state index < -0.39 is 0 Å². The second kappa shape index (κ2) is 9.50. The summed E-state index contributed by atoms with van der Waals surface area (Å²) in [5.74, 6) is 1.87. The summed E-state index contributed by atoms with van der Waals surface area (Å²) in [6, 6.07) is 17.3. The first-order valence-electron chi connectivity index (χ1n) is 11.0. The largest absolute Gasteiger partial charge is 0.493 e. The fraction of sp³-hybridized carbons (Fsp3) is 0.143. The predicted octanol–water partition coefficient (Wildman–Crippen LogP) is 5.34. The molecule has 3 aromatic carbocycles. The minimum atomic E-state index is -0.299. The second-order valence-electron chi connectivity index (χ2n) is 7.92. The van der Waals surface area contributed by atoms with Gasteiger partial charge in [0, 0.05) is 11.5 Å². The second-order valence-corrected chi connectivity index (χ2v) is 7.92. The van der Waals surface area contributed by atoms with Crippen molar-refractivity contribution in [1.29, 1.82) is 0 Å². The van der Waals surface area contributed by atoms with E-state index in [-0.39, 0.29) is 29.7 Å². The lowest BCUT2D eigenvalue weighted by Crippen LogP contribution is -2.10. The van der Waals surface area contributed by atoms with Crippen LogP contribution in [0.4, 0.5) is 0 Å². The summed E-state index contributed by atoms with van der Waals surface area (Å²) >= 11 is 0. The highest BCUT2D eigenvalue weighted by molar-refractivity contribution is 6.14. The molecule has 1 aromatic heterocycles. The Morgan fingerprint density at radius 2 is 1.67 bits per heavy atom. The molecule has 0 radical (unpaired) electrons. The van der Waals surface area contributed by atoms with Gasteiger partial charge in [-0.25, -0.2) is 0 Å². The molecule has 8 nitrogen and oxygen atoms in total. The Hall–Kier alpha value is -4.72. The van der Waals surface area contributed by atoms with E-state index in [0.717, 1.165) is 5.39 Å². The monoisotopic (exact) mass is 486 g/mol. The van der Waals surface area contributed by atoms with Gasteiger partial charge in [-0.3, -0.25) is 9.59 Å². The van der Waals surface area contributed by atoms with Crippen LogP contribution in [0.3, 0.4) is 0 Å². The Bertz CT molecular complexity index is 1450. The maximum atomic E-state index is 12.9. The van der Waals surface area contributed by atoms with Crippen LogP contribution in [0.25, 0.3) is 17.0 Å². The van der Waals surface area contributed by atoms with Gasteiger partial charge in [0.2, 0.25) is 17.3 Å². The predicted molar refractivity (Wildman–Crippen MR) is 132 cm³/mol. The third-order valence-corrected chi connectivity index (χ3v) is 5.70. The van der Waals surface area contributed by atoms with Crippen LogP contribution >= 0.6 is 0 Å². The van der Waals surface area contributed by atoms with Crippen molar-refractivity contribution in [2.75, 3.05) is 27.9 Å². The van der Waals surface area contributed by atoms with Crippen molar-refractivity contribution in [3.8, 4) is 28.7 Å². The fourth-order valence-corrected chi connectivity index (χ4v) is 3.93. The molecule has 0 fully saturated rings. The van der Waals surface area contributed by atoms with Crippen molar-refractivity contribution in [3.05, 3.63) is 83.3 Å². The fourth-order valence-electron chi connectivity index (χ4n) is 3.93. The summed E-state index contributed by atoms with van der Waals surface area (Å²) in [7, 11) is 4.55. The zero-order valence-electron chi connectivity index (χ0n) is 19.8. The number of fused-ring (bicyclic) bond motifs is 2. The van der Waals surface area contributed by atoms with Crippen LogP contribution in [-0.2, 0) is 0 Å². The van der Waals surface area contributed by atoms with Gasteiger partial charge in [0.25, 0.3) is 0 Å². The molecule has 1 aliphatic heterocycles. The number of ketones is 2. The minimum Gasteiger partial charge on any atom is -0.493 e. The highest BCUT2D eigenvalue weighted by Crippen LogP contribution is 2.40. The molecule has 0 unspecified atom stereocenters. The molecule has 5 rings (SSSR count). The molecule has 0 saturated carbocycles. The molecule has 0 atom stereocenters. The maximum Gasteiger partial charge on any atom is 0.235 e. The number of para-hydroxylation sites is 1. The van der Waals surface area contributed by atoms with Crippen molar-refractivity contribution < 1.29 is 37.7 Å². The van der Waals surface area contributed by atoms with E-state index in [9.17, 15) is 9.59 Å². The molecular weight excluding hydrogens is 464 g/mol. The van der Waals surface area contributed by atoms with Crippen molar-refractivity contribution in [2.45, 2.75) is 0 Å². The van der Waals surface area contributed by atoms with Crippen LogP contribution in [-0.4, -0.2) is 39.5 Å². The number of ether oxygens (including phenoxy) is 5. The van der Waals surface area contributed by atoms with Gasteiger partial charge in [0.15, 0.2) is 29.6 Å². The first-order chi connectivity index (χ1) is 17.5. The highest BCUT2D eigenvalue weighted by atomic mass is 16.5. The van der Waals surface area contributed by atoms with Crippen LogP contribution in [0.1, 0.15) is 26.5 Å². The van der Waals surface area contributed by atoms with Gasteiger partial charge in [-0.05, 0) is 48.0 Å². The quantitative estimate of drug-likeness (QED) is 0.244. The summed E-state index contributed by atoms with van der Waals surface area (Å²) in [6.07, 6.45) is 1.60. The van der Waals surface area contributed by atoms with Gasteiger partial charge in [0.1, 0.15) is 17.1 Å². The van der Waals surface area contributed by atoms with Crippen molar-refractivity contribution in [1.82, 2.24) is 0 Å². The van der Waals surface area contributed by atoms with Crippen LogP contribution in [0.5, 0.6) is 28.7 Å². The Labute approximate surface area is 206 Å². The maximum absolute atomic E-state index is 12.9. The van der Waals surface area contributed by atoms with E-state index in [1.54, 1.807) is 48.5 Å². The Kier molecular flexibility index (Phi) is 6.08. The lowest BCUT2D eigenvalue weighted by molar-refractivity contribution is 0.0895. The third-order valence-electron chi connectivity index (χ3n) is 5.70. The third kappa shape index (κ3) is 4.24. The highest BCUT2D eigenvalue weighted by Gasteiger charge is 2.28. The Morgan fingerprint density at radius 1 is 0.917 bits per heavy atom. The van der Waals surface area contributed by atoms with Crippen molar-refractivity contribution >= 4 is 28.6 Å². The van der Waals surface area contributed by atoms with Gasteiger partial charge >= 0.3 is 0 Å². The number of rotatable bonds is 8. The van der Waals surface area contributed by atoms with Gasteiger partial charge in [0.05, 0.1) is 26.9 Å². The zero-order chi connectivity index (χ0) is 25.2. The molecule has 0 amide bonds. The number of carbonyl (C=O) groups is 2. The summed E-state index contributed by atoms with van der Waals surface area (Å²) in [5.41, 5.74) is 1.66. The number of hydrogen-bond acceptors (Lipinski definition) is 8.